The van der Waals surface area contributed by atoms with Gasteiger partial charge in [0.2, 0.25) is 0 Å². The standard InChI is InChI=1S/C16H17N3O4/c1-18-14(17)13(15(21)19(2)16(18)22)12(20)9-6-10-4-7-11(23-3)8-5-10/h4-9H,17H2,1-3H3. The number of anilines is 1. The Morgan fingerprint density at radius 3 is 2.30 bits per heavy atom. The van der Waals surface area contributed by atoms with Crippen molar-refractivity contribution < 1.29 is 9.53 Å². The van der Waals surface area contributed by atoms with Crippen molar-refractivity contribution >= 4 is 17.7 Å². The second-order valence-corrected chi connectivity index (χ2v) is 4.94. The second-order valence-electron chi connectivity index (χ2n) is 4.94. The summed E-state index contributed by atoms with van der Waals surface area (Å²) in [5, 5.41) is 0. The summed E-state index contributed by atoms with van der Waals surface area (Å²) in [5.74, 6) is -0.0124. The fourth-order valence-corrected chi connectivity index (χ4v) is 2.06. The summed E-state index contributed by atoms with van der Waals surface area (Å²) in [6.45, 7) is 0. The van der Waals surface area contributed by atoms with E-state index >= 15 is 0 Å². The number of benzene rings is 1. The van der Waals surface area contributed by atoms with Gasteiger partial charge in [-0.05, 0) is 23.8 Å². The number of hydrogen-bond acceptors (Lipinski definition) is 5. The van der Waals surface area contributed by atoms with Crippen LogP contribution in [0.5, 0.6) is 5.75 Å². The van der Waals surface area contributed by atoms with Crippen LogP contribution >= 0.6 is 0 Å². The van der Waals surface area contributed by atoms with Crippen LogP contribution < -0.4 is 21.7 Å². The summed E-state index contributed by atoms with van der Waals surface area (Å²) >= 11 is 0. The summed E-state index contributed by atoms with van der Waals surface area (Å²) < 4.78 is 6.97. The van der Waals surface area contributed by atoms with E-state index in [2.05, 4.69) is 0 Å². The Morgan fingerprint density at radius 2 is 1.74 bits per heavy atom. The topological polar surface area (TPSA) is 96.3 Å². The monoisotopic (exact) mass is 315 g/mol. The first-order valence-corrected chi connectivity index (χ1v) is 6.78. The fraction of sp³-hybridized carbons (Fsp3) is 0.188. The van der Waals surface area contributed by atoms with Crippen molar-refractivity contribution in [3.63, 3.8) is 0 Å². The number of allylic oxidation sites excluding steroid dienone is 1. The summed E-state index contributed by atoms with van der Waals surface area (Å²) in [4.78, 5) is 36.1. The molecule has 0 atom stereocenters. The predicted molar refractivity (Wildman–Crippen MR) is 87.7 cm³/mol. The van der Waals surface area contributed by atoms with Gasteiger partial charge in [-0.3, -0.25) is 18.7 Å². The van der Waals surface area contributed by atoms with Gasteiger partial charge in [-0.15, -0.1) is 0 Å². The molecular formula is C16H17N3O4. The first kappa shape index (κ1) is 16.3. The molecule has 0 aliphatic carbocycles. The van der Waals surface area contributed by atoms with Crippen LogP contribution in [0.2, 0.25) is 0 Å². The van der Waals surface area contributed by atoms with Gasteiger partial charge in [0.25, 0.3) is 5.56 Å². The lowest BCUT2D eigenvalue weighted by Crippen LogP contribution is -2.41. The molecule has 0 spiro atoms. The summed E-state index contributed by atoms with van der Waals surface area (Å²) in [5.41, 5.74) is 4.99. The van der Waals surface area contributed by atoms with E-state index in [1.165, 1.54) is 20.2 Å². The Bertz CT molecular complexity index is 889. The number of nitrogens with zero attached hydrogens (tertiary/aromatic N) is 2. The Balaban J connectivity index is 2.39. The SMILES string of the molecule is COc1ccc(C=CC(=O)c2c(N)n(C)c(=O)n(C)c2=O)cc1. The van der Waals surface area contributed by atoms with Gasteiger partial charge in [-0.2, -0.15) is 0 Å². The smallest absolute Gasteiger partial charge is 0.332 e. The highest BCUT2D eigenvalue weighted by molar-refractivity contribution is 6.09. The van der Waals surface area contributed by atoms with Crippen LogP contribution in [0, 0.1) is 0 Å². The van der Waals surface area contributed by atoms with E-state index in [9.17, 15) is 14.4 Å². The van der Waals surface area contributed by atoms with Gasteiger partial charge in [0.05, 0.1) is 7.11 Å². The number of nitrogen functional groups attached to an aromatic ring is 1. The molecule has 0 amide bonds. The average Bonchev–Trinajstić information content (AvgIpc) is 2.57. The van der Waals surface area contributed by atoms with E-state index in [0.29, 0.717) is 5.75 Å². The molecule has 0 saturated carbocycles. The second kappa shape index (κ2) is 6.35. The Kier molecular flexibility index (Phi) is 4.49. The van der Waals surface area contributed by atoms with Crippen LogP contribution in [0.3, 0.4) is 0 Å². The van der Waals surface area contributed by atoms with Crippen molar-refractivity contribution in [2.75, 3.05) is 12.8 Å². The van der Waals surface area contributed by atoms with Crippen LogP contribution in [-0.4, -0.2) is 22.0 Å². The highest BCUT2D eigenvalue weighted by atomic mass is 16.5. The molecule has 1 aromatic carbocycles. The molecule has 2 aromatic rings. The third-order valence-corrected chi connectivity index (χ3v) is 3.50. The summed E-state index contributed by atoms with van der Waals surface area (Å²) in [6, 6.07) is 7.04. The predicted octanol–water partition coefficient (Wildman–Crippen LogP) is 0.571. The maximum Gasteiger partial charge on any atom is 0.332 e. The van der Waals surface area contributed by atoms with E-state index < -0.39 is 17.0 Å². The van der Waals surface area contributed by atoms with Gasteiger partial charge < -0.3 is 10.5 Å². The largest absolute Gasteiger partial charge is 0.497 e. The van der Waals surface area contributed by atoms with E-state index in [4.69, 9.17) is 10.5 Å². The Morgan fingerprint density at radius 1 is 1.13 bits per heavy atom. The molecule has 2 rings (SSSR count). The van der Waals surface area contributed by atoms with Crippen LogP contribution in [-0.2, 0) is 14.1 Å². The number of nitrogens with two attached hydrogens (primary N) is 1. The Labute approximate surface area is 132 Å². The van der Waals surface area contributed by atoms with Crippen LogP contribution in [0.4, 0.5) is 5.82 Å². The van der Waals surface area contributed by atoms with Gasteiger partial charge in [0, 0.05) is 14.1 Å². The normalized spacial score (nSPS) is 10.9. The van der Waals surface area contributed by atoms with E-state index in [1.54, 1.807) is 37.5 Å². The average molecular weight is 315 g/mol. The van der Waals surface area contributed by atoms with Gasteiger partial charge >= 0.3 is 5.69 Å². The van der Waals surface area contributed by atoms with Gasteiger partial charge in [0.15, 0.2) is 5.78 Å². The number of ketones is 1. The number of carbonyl (C=O) groups excluding carboxylic acids is 1. The van der Waals surface area contributed by atoms with E-state index in [0.717, 1.165) is 14.7 Å². The van der Waals surface area contributed by atoms with Crippen LogP contribution in [0.1, 0.15) is 15.9 Å². The molecule has 0 bridgehead atoms. The number of ether oxygens (including phenoxy) is 1. The number of carbonyl (C=O) groups is 1. The first-order chi connectivity index (χ1) is 10.9. The number of hydrogen-bond donors (Lipinski definition) is 1. The zero-order chi connectivity index (χ0) is 17.1. The molecule has 2 N–H and O–H groups in total. The van der Waals surface area contributed by atoms with Crippen molar-refractivity contribution in [3.8, 4) is 5.75 Å². The molecule has 0 radical (unpaired) electrons. The fourth-order valence-electron chi connectivity index (χ4n) is 2.06. The third-order valence-electron chi connectivity index (χ3n) is 3.50. The number of aromatic nitrogens is 2. The summed E-state index contributed by atoms with van der Waals surface area (Å²) in [6.07, 6.45) is 2.81. The molecule has 0 aliphatic heterocycles. The molecular weight excluding hydrogens is 298 g/mol. The minimum Gasteiger partial charge on any atom is -0.497 e. The molecule has 1 heterocycles. The zero-order valence-electron chi connectivity index (χ0n) is 13.1. The minimum absolute atomic E-state index is 0.150. The van der Waals surface area contributed by atoms with Gasteiger partial charge in [-0.25, -0.2) is 4.79 Å². The van der Waals surface area contributed by atoms with Crippen molar-refractivity contribution in [3.05, 3.63) is 62.3 Å². The molecule has 120 valence electrons. The van der Waals surface area contributed by atoms with Crippen molar-refractivity contribution in [1.82, 2.24) is 9.13 Å². The molecule has 1 aromatic heterocycles. The number of methoxy groups -OCH3 is 1. The van der Waals surface area contributed by atoms with Crippen molar-refractivity contribution in [2.24, 2.45) is 14.1 Å². The molecule has 0 fully saturated rings. The zero-order valence-corrected chi connectivity index (χ0v) is 13.1. The molecule has 23 heavy (non-hydrogen) atoms. The lowest BCUT2D eigenvalue weighted by Gasteiger charge is -2.09. The molecule has 7 nitrogen and oxygen atoms in total. The maximum atomic E-state index is 12.3. The Hall–Kier alpha value is -3.09. The van der Waals surface area contributed by atoms with E-state index in [1.807, 2.05) is 0 Å². The molecule has 7 heteroatoms. The quantitative estimate of drug-likeness (QED) is 0.657. The minimum atomic E-state index is -0.713. The van der Waals surface area contributed by atoms with Gasteiger partial charge in [0.1, 0.15) is 17.1 Å². The third kappa shape index (κ3) is 3.08. The molecule has 0 saturated heterocycles. The van der Waals surface area contributed by atoms with Crippen LogP contribution in [0.25, 0.3) is 6.08 Å². The van der Waals surface area contributed by atoms with Crippen molar-refractivity contribution in [2.45, 2.75) is 0 Å². The highest BCUT2D eigenvalue weighted by Crippen LogP contribution is 2.13. The maximum absolute atomic E-state index is 12.3. The number of rotatable bonds is 4. The highest BCUT2D eigenvalue weighted by Gasteiger charge is 2.18. The lowest BCUT2D eigenvalue weighted by molar-refractivity contribution is 0.104. The van der Waals surface area contributed by atoms with E-state index in [-0.39, 0.29) is 11.4 Å². The molecule has 0 unspecified atom stereocenters. The van der Waals surface area contributed by atoms with Crippen molar-refractivity contribution in [1.29, 1.82) is 0 Å². The lowest BCUT2D eigenvalue weighted by atomic mass is 10.1. The van der Waals surface area contributed by atoms with Gasteiger partial charge in [-0.1, -0.05) is 18.2 Å². The first-order valence-electron chi connectivity index (χ1n) is 6.78. The summed E-state index contributed by atoms with van der Waals surface area (Å²) in [7, 11) is 4.27. The van der Waals surface area contributed by atoms with Crippen LogP contribution in [0.15, 0.2) is 39.9 Å². The molecule has 0 aliphatic rings.